The van der Waals surface area contributed by atoms with Crippen LogP contribution in [0.15, 0.2) is 4.99 Å². The number of hydrogen-bond acceptors (Lipinski definition) is 3. The van der Waals surface area contributed by atoms with Gasteiger partial charge in [-0.15, -0.1) is 24.0 Å². The molecule has 130 valence electrons. The van der Waals surface area contributed by atoms with Crippen LogP contribution in [0.3, 0.4) is 0 Å². The number of nitrogens with zero attached hydrogens (tertiary/aromatic N) is 2. The summed E-state index contributed by atoms with van der Waals surface area (Å²) in [6.45, 7) is 6.89. The number of hydrogen-bond donors (Lipinski definition) is 2. The molecule has 2 fully saturated rings. The Morgan fingerprint density at radius 3 is 2.45 bits per heavy atom. The van der Waals surface area contributed by atoms with Crippen molar-refractivity contribution in [3.8, 4) is 0 Å². The van der Waals surface area contributed by atoms with Gasteiger partial charge in [-0.05, 0) is 12.3 Å². The number of halogens is 1. The van der Waals surface area contributed by atoms with Crippen molar-refractivity contribution in [2.24, 2.45) is 10.9 Å². The van der Waals surface area contributed by atoms with Crippen LogP contribution in [-0.2, 0) is 4.74 Å². The number of morpholine rings is 1. The predicted molar refractivity (Wildman–Crippen MR) is 103 cm³/mol. The van der Waals surface area contributed by atoms with Crippen LogP contribution in [0, 0.1) is 5.92 Å². The highest BCUT2D eigenvalue weighted by Gasteiger charge is 2.13. The Balaban J connectivity index is 0.00000242. The van der Waals surface area contributed by atoms with Crippen LogP contribution in [0.2, 0.25) is 0 Å². The molecule has 2 aliphatic rings. The van der Waals surface area contributed by atoms with Gasteiger partial charge in [0.1, 0.15) is 0 Å². The van der Waals surface area contributed by atoms with E-state index in [1.165, 1.54) is 38.5 Å². The topological polar surface area (TPSA) is 48.9 Å². The first kappa shape index (κ1) is 20.0. The smallest absolute Gasteiger partial charge is 0.191 e. The summed E-state index contributed by atoms with van der Waals surface area (Å²) in [7, 11) is 1.85. The highest BCUT2D eigenvalue weighted by molar-refractivity contribution is 14.0. The van der Waals surface area contributed by atoms with Crippen molar-refractivity contribution < 1.29 is 4.74 Å². The van der Waals surface area contributed by atoms with Crippen LogP contribution in [0.25, 0.3) is 0 Å². The van der Waals surface area contributed by atoms with E-state index in [4.69, 9.17) is 4.74 Å². The molecule has 5 nitrogen and oxygen atoms in total. The number of rotatable bonds is 6. The fourth-order valence-corrected chi connectivity index (χ4v) is 3.25. The molecule has 1 aliphatic heterocycles. The van der Waals surface area contributed by atoms with E-state index in [9.17, 15) is 0 Å². The van der Waals surface area contributed by atoms with Crippen molar-refractivity contribution in [3.63, 3.8) is 0 Å². The molecular weight excluding hydrogens is 391 g/mol. The molecule has 0 aromatic heterocycles. The Kier molecular flexibility index (Phi) is 11.2. The molecule has 0 radical (unpaired) electrons. The first-order valence-electron chi connectivity index (χ1n) is 8.63. The predicted octanol–water partition coefficient (Wildman–Crippen LogP) is 2.07. The van der Waals surface area contributed by atoms with Crippen molar-refractivity contribution in [3.05, 3.63) is 0 Å². The summed E-state index contributed by atoms with van der Waals surface area (Å²) < 4.78 is 5.36. The summed E-state index contributed by atoms with van der Waals surface area (Å²) >= 11 is 0. The van der Waals surface area contributed by atoms with Crippen LogP contribution in [0.5, 0.6) is 0 Å². The molecular formula is C16H33IN4O. The molecule has 0 amide bonds. The van der Waals surface area contributed by atoms with E-state index in [0.717, 1.165) is 57.8 Å². The van der Waals surface area contributed by atoms with Crippen molar-refractivity contribution >= 4 is 29.9 Å². The maximum atomic E-state index is 5.36. The van der Waals surface area contributed by atoms with Gasteiger partial charge in [-0.1, -0.05) is 32.1 Å². The molecule has 22 heavy (non-hydrogen) atoms. The monoisotopic (exact) mass is 424 g/mol. The second kappa shape index (κ2) is 12.4. The zero-order valence-corrected chi connectivity index (χ0v) is 16.3. The van der Waals surface area contributed by atoms with Crippen LogP contribution < -0.4 is 10.6 Å². The van der Waals surface area contributed by atoms with Gasteiger partial charge in [-0.25, -0.2) is 0 Å². The van der Waals surface area contributed by atoms with E-state index >= 15 is 0 Å². The second-order valence-electron chi connectivity index (χ2n) is 6.17. The van der Waals surface area contributed by atoms with Gasteiger partial charge in [-0.3, -0.25) is 9.89 Å². The van der Waals surface area contributed by atoms with E-state index in [-0.39, 0.29) is 24.0 Å². The van der Waals surface area contributed by atoms with Crippen molar-refractivity contribution in [2.45, 2.75) is 38.5 Å². The molecule has 2 rings (SSSR count). The third-order valence-electron chi connectivity index (χ3n) is 4.62. The maximum absolute atomic E-state index is 5.36. The van der Waals surface area contributed by atoms with E-state index in [1.54, 1.807) is 0 Å². The Bertz CT molecular complexity index is 277. The Labute approximate surface area is 152 Å². The summed E-state index contributed by atoms with van der Waals surface area (Å²) in [4.78, 5) is 6.74. The van der Waals surface area contributed by atoms with Crippen LogP contribution in [0.4, 0.5) is 0 Å². The standard InChI is InChI=1S/C16H32N4O.HI/c1-17-16(18-8-7-15-5-3-2-4-6-15)19-9-10-20-11-13-21-14-12-20;/h15H,2-14H2,1H3,(H2,17,18,19);1H. The van der Waals surface area contributed by atoms with Gasteiger partial charge in [-0.2, -0.15) is 0 Å². The zero-order chi connectivity index (χ0) is 14.8. The minimum atomic E-state index is 0. The summed E-state index contributed by atoms with van der Waals surface area (Å²) in [5, 5.41) is 6.86. The third kappa shape index (κ3) is 7.97. The van der Waals surface area contributed by atoms with Gasteiger partial charge in [0, 0.05) is 39.8 Å². The molecule has 0 unspecified atom stereocenters. The first-order valence-corrected chi connectivity index (χ1v) is 8.63. The lowest BCUT2D eigenvalue weighted by Gasteiger charge is -2.27. The van der Waals surface area contributed by atoms with Gasteiger partial charge < -0.3 is 15.4 Å². The van der Waals surface area contributed by atoms with Gasteiger partial charge in [0.25, 0.3) is 0 Å². The molecule has 0 aromatic rings. The molecule has 1 saturated carbocycles. The SMILES string of the molecule is CN=C(NCCC1CCCCC1)NCCN1CCOCC1.I. The molecule has 1 heterocycles. The number of nitrogens with one attached hydrogen (secondary N) is 2. The summed E-state index contributed by atoms with van der Waals surface area (Å²) in [5.41, 5.74) is 0. The van der Waals surface area contributed by atoms with Gasteiger partial charge in [0.2, 0.25) is 0 Å². The summed E-state index contributed by atoms with van der Waals surface area (Å²) in [5.74, 6) is 1.87. The highest BCUT2D eigenvalue weighted by atomic mass is 127. The van der Waals surface area contributed by atoms with E-state index in [2.05, 4.69) is 20.5 Å². The number of guanidine groups is 1. The lowest BCUT2D eigenvalue weighted by Crippen LogP contribution is -2.44. The highest BCUT2D eigenvalue weighted by Crippen LogP contribution is 2.25. The Hall–Kier alpha value is -0.0800. The lowest BCUT2D eigenvalue weighted by atomic mass is 9.87. The molecule has 2 N–H and O–H groups in total. The molecule has 1 saturated heterocycles. The van der Waals surface area contributed by atoms with E-state index in [0.29, 0.717) is 0 Å². The molecule has 0 atom stereocenters. The first-order chi connectivity index (χ1) is 10.4. The summed E-state index contributed by atoms with van der Waals surface area (Å²) in [6.07, 6.45) is 8.42. The quantitative estimate of drug-likeness (QED) is 0.390. The van der Waals surface area contributed by atoms with Crippen LogP contribution in [-0.4, -0.2) is 63.8 Å². The third-order valence-corrected chi connectivity index (χ3v) is 4.62. The second-order valence-corrected chi connectivity index (χ2v) is 6.17. The largest absolute Gasteiger partial charge is 0.379 e. The minimum absolute atomic E-state index is 0. The Morgan fingerprint density at radius 2 is 1.77 bits per heavy atom. The number of ether oxygens (including phenoxy) is 1. The van der Waals surface area contributed by atoms with E-state index < -0.39 is 0 Å². The van der Waals surface area contributed by atoms with Crippen LogP contribution >= 0.6 is 24.0 Å². The van der Waals surface area contributed by atoms with Crippen molar-refractivity contribution in [1.29, 1.82) is 0 Å². The normalized spacial score (nSPS) is 21.2. The van der Waals surface area contributed by atoms with E-state index in [1.807, 2.05) is 7.05 Å². The maximum Gasteiger partial charge on any atom is 0.191 e. The number of aliphatic imine (C=N–C) groups is 1. The Morgan fingerprint density at radius 1 is 1.09 bits per heavy atom. The van der Waals surface area contributed by atoms with Gasteiger partial charge >= 0.3 is 0 Å². The molecule has 0 aromatic carbocycles. The molecule has 6 heteroatoms. The fourth-order valence-electron chi connectivity index (χ4n) is 3.25. The van der Waals surface area contributed by atoms with Crippen LogP contribution in [0.1, 0.15) is 38.5 Å². The van der Waals surface area contributed by atoms with Gasteiger partial charge in [0.05, 0.1) is 13.2 Å². The molecule has 1 aliphatic carbocycles. The lowest BCUT2D eigenvalue weighted by molar-refractivity contribution is 0.0389. The zero-order valence-electron chi connectivity index (χ0n) is 14.0. The average Bonchev–Trinajstić information content (AvgIpc) is 2.55. The van der Waals surface area contributed by atoms with Crippen molar-refractivity contribution in [1.82, 2.24) is 15.5 Å². The van der Waals surface area contributed by atoms with Gasteiger partial charge in [0.15, 0.2) is 5.96 Å². The minimum Gasteiger partial charge on any atom is -0.379 e. The molecule has 0 bridgehead atoms. The average molecular weight is 424 g/mol. The summed E-state index contributed by atoms with van der Waals surface area (Å²) in [6, 6.07) is 0. The van der Waals surface area contributed by atoms with Crippen molar-refractivity contribution in [2.75, 3.05) is 53.0 Å². The fraction of sp³-hybridized carbons (Fsp3) is 0.938. The molecule has 0 spiro atoms.